The quantitative estimate of drug-likeness (QED) is 0.655. The van der Waals surface area contributed by atoms with Gasteiger partial charge in [0.25, 0.3) is 0 Å². The maximum atomic E-state index is 9.20. The molecule has 0 aromatic heterocycles. The summed E-state index contributed by atoms with van der Waals surface area (Å²) < 4.78 is 1.35. The molecule has 0 saturated carbocycles. The summed E-state index contributed by atoms with van der Waals surface area (Å²) >= 11 is 0.289. The van der Waals surface area contributed by atoms with Gasteiger partial charge in [0, 0.05) is 0 Å². The summed E-state index contributed by atoms with van der Waals surface area (Å²) in [5, 5.41) is 9.20. The van der Waals surface area contributed by atoms with Crippen LogP contribution in [0.2, 0.25) is 0 Å². The Labute approximate surface area is 114 Å². The zero-order valence-corrected chi connectivity index (χ0v) is 12.0. The van der Waals surface area contributed by atoms with E-state index in [1.165, 1.54) is 10.0 Å². The SMILES string of the molecule is CC(NO)C([Se]c1ccccc1)c1ccccc1. The number of hydrogen-bond acceptors (Lipinski definition) is 2. The van der Waals surface area contributed by atoms with Gasteiger partial charge in [0.2, 0.25) is 0 Å². The van der Waals surface area contributed by atoms with Crippen molar-refractivity contribution in [3.8, 4) is 0 Å². The maximum absolute atomic E-state index is 9.20. The molecule has 0 spiro atoms. The Balaban J connectivity index is 2.21. The third kappa shape index (κ3) is 3.44. The predicted octanol–water partition coefficient (Wildman–Crippen LogP) is 2.12. The van der Waals surface area contributed by atoms with Crippen molar-refractivity contribution in [2.24, 2.45) is 0 Å². The Hall–Kier alpha value is -1.12. The average Bonchev–Trinajstić information content (AvgIpc) is 2.46. The van der Waals surface area contributed by atoms with E-state index in [-0.39, 0.29) is 21.0 Å². The molecule has 0 bridgehead atoms. The Kier molecular flexibility index (Phi) is 4.97. The van der Waals surface area contributed by atoms with Gasteiger partial charge in [0.15, 0.2) is 0 Å². The third-order valence-corrected chi connectivity index (χ3v) is 5.89. The first-order chi connectivity index (χ1) is 8.81. The van der Waals surface area contributed by atoms with Crippen LogP contribution in [-0.2, 0) is 0 Å². The zero-order chi connectivity index (χ0) is 12.8. The second-order valence-corrected chi connectivity index (χ2v) is 6.73. The molecule has 2 atom stereocenters. The van der Waals surface area contributed by atoms with Gasteiger partial charge in [-0.05, 0) is 0 Å². The fourth-order valence-corrected chi connectivity index (χ4v) is 4.26. The second-order valence-electron chi connectivity index (χ2n) is 4.18. The summed E-state index contributed by atoms with van der Waals surface area (Å²) in [5.41, 5.74) is 3.67. The van der Waals surface area contributed by atoms with Crippen molar-refractivity contribution in [3.05, 3.63) is 66.2 Å². The molecule has 2 aromatic rings. The molecule has 2 unspecified atom stereocenters. The normalized spacial score (nSPS) is 14.1. The van der Waals surface area contributed by atoms with E-state index in [0.717, 1.165) is 0 Å². The van der Waals surface area contributed by atoms with Crippen molar-refractivity contribution in [2.45, 2.75) is 17.8 Å². The molecule has 0 fully saturated rings. The van der Waals surface area contributed by atoms with Gasteiger partial charge < -0.3 is 0 Å². The van der Waals surface area contributed by atoms with Gasteiger partial charge in [0.1, 0.15) is 0 Å². The molecule has 2 N–H and O–H groups in total. The van der Waals surface area contributed by atoms with Crippen molar-refractivity contribution in [2.75, 3.05) is 0 Å². The summed E-state index contributed by atoms with van der Waals surface area (Å²) in [5.74, 6) is 0. The summed E-state index contributed by atoms with van der Waals surface area (Å²) in [7, 11) is 0. The minimum absolute atomic E-state index is 0.0487. The molecule has 0 radical (unpaired) electrons. The van der Waals surface area contributed by atoms with E-state index in [1.54, 1.807) is 0 Å². The van der Waals surface area contributed by atoms with E-state index in [1.807, 2.05) is 31.2 Å². The van der Waals surface area contributed by atoms with Crippen molar-refractivity contribution >= 4 is 19.4 Å². The van der Waals surface area contributed by atoms with Gasteiger partial charge >= 0.3 is 114 Å². The van der Waals surface area contributed by atoms with Crippen LogP contribution in [0.3, 0.4) is 0 Å². The van der Waals surface area contributed by atoms with Gasteiger partial charge in [-0.3, -0.25) is 0 Å². The summed E-state index contributed by atoms with van der Waals surface area (Å²) in [6, 6.07) is 20.9. The minimum atomic E-state index is 0.0487. The van der Waals surface area contributed by atoms with Crippen molar-refractivity contribution < 1.29 is 5.21 Å². The molecule has 0 aliphatic heterocycles. The monoisotopic (exact) mass is 307 g/mol. The molecular weight excluding hydrogens is 289 g/mol. The van der Waals surface area contributed by atoms with Gasteiger partial charge in [0.05, 0.1) is 0 Å². The first-order valence-corrected chi connectivity index (χ1v) is 7.82. The first kappa shape index (κ1) is 13.3. The van der Waals surface area contributed by atoms with Gasteiger partial charge in [-0.1, -0.05) is 0 Å². The molecule has 18 heavy (non-hydrogen) atoms. The molecule has 0 amide bonds. The van der Waals surface area contributed by atoms with Crippen LogP contribution in [0, 0.1) is 0 Å². The summed E-state index contributed by atoms with van der Waals surface area (Å²) in [6.07, 6.45) is 0. The molecule has 0 saturated heterocycles. The van der Waals surface area contributed by atoms with Gasteiger partial charge in [-0.2, -0.15) is 0 Å². The van der Waals surface area contributed by atoms with Gasteiger partial charge in [-0.15, -0.1) is 0 Å². The molecule has 2 nitrogen and oxygen atoms in total. The average molecular weight is 306 g/mol. The van der Waals surface area contributed by atoms with Gasteiger partial charge in [-0.25, -0.2) is 0 Å². The third-order valence-electron chi connectivity index (χ3n) is 2.79. The van der Waals surface area contributed by atoms with Crippen LogP contribution in [0.5, 0.6) is 0 Å². The fraction of sp³-hybridized carbons (Fsp3) is 0.200. The fourth-order valence-electron chi connectivity index (χ4n) is 1.81. The van der Waals surface area contributed by atoms with Crippen LogP contribution in [-0.4, -0.2) is 26.2 Å². The molecule has 0 aliphatic rings. The van der Waals surface area contributed by atoms with Crippen LogP contribution in [0.4, 0.5) is 0 Å². The van der Waals surface area contributed by atoms with E-state index in [9.17, 15) is 5.21 Å². The summed E-state index contributed by atoms with van der Waals surface area (Å²) in [6.45, 7) is 2.02. The Bertz CT molecular complexity index is 460. The second kappa shape index (κ2) is 6.72. The molecule has 94 valence electrons. The number of hydrogen-bond donors (Lipinski definition) is 2. The van der Waals surface area contributed by atoms with E-state index in [0.29, 0.717) is 4.82 Å². The molecule has 0 aliphatic carbocycles. The topological polar surface area (TPSA) is 32.3 Å². The van der Waals surface area contributed by atoms with Crippen LogP contribution in [0.1, 0.15) is 17.3 Å². The zero-order valence-electron chi connectivity index (χ0n) is 10.3. The van der Waals surface area contributed by atoms with E-state index < -0.39 is 0 Å². The van der Waals surface area contributed by atoms with Crippen LogP contribution in [0.25, 0.3) is 0 Å². The number of hydroxylamine groups is 1. The standard InChI is InChI=1S/C15H17NOSe/c1-12(16-17)15(13-8-4-2-5-9-13)18-14-10-6-3-7-11-14/h2-12,15-17H,1H3. The van der Waals surface area contributed by atoms with Crippen LogP contribution < -0.4 is 9.94 Å². The molecule has 2 rings (SSSR count). The summed E-state index contributed by atoms with van der Waals surface area (Å²) in [4.78, 5) is 0.325. The Morgan fingerprint density at radius 3 is 2.06 bits per heavy atom. The number of benzene rings is 2. The van der Waals surface area contributed by atoms with E-state index in [4.69, 9.17) is 0 Å². The number of nitrogens with one attached hydrogen (secondary N) is 1. The predicted molar refractivity (Wildman–Crippen MR) is 75.4 cm³/mol. The Morgan fingerprint density at radius 2 is 1.50 bits per heavy atom. The van der Waals surface area contributed by atoms with Crippen molar-refractivity contribution in [1.82, 2.24) is 5.48 Å². The molecule has 3 heteroatoms. The van der Waals surface area contributed by atoms with E-state index >= 15 is 0 Å². The van der Waals surface area contributed by atoms with Crippen molar-refractivity contribution in [3.63, 3.8) is 0 Å². The number of rotatable bonds is 5. The first-order valence-electron chi connectivity index (χ1n) is 5.97. The van der Waals surface area contributed by atoms with Crippen LogP contribution in [0.15, 0.2) is 60.7 Å². The van der Waals surface area contributed by atoms with Crippen LogP contribution >= 0.6 is 0 Å². The molecule has 0 heterocycles. The molecular formula is C15H17NOSe. The van der Waals surface area contributed by atoms with E-state index in [2.05, 4.69) is 41.9 Å². The molecule has 2 aromatic carbocycles. The van der Waals surface area contributed by atoms with Crippen molar-refractivity contribution in [1.29, 1.82) is 0 Å². The Morgan fingerprint density at radius 1 is 0.944 bits per heavy atom.